The zero-order valence-electron chi connectivity index (χ0n) is 12.8. The summed E-state index contributed by atoms with van der Waals surface area (Å²) in [6.07, 6.45) is 0. The van der Waals surface area contributed by atoms with Crippen molar-refractivity contribution in [1.29, 1.82) is 0 Å². The lowest BCUT2D eigenvalue weighted by molar-refractivity contribution is 0.0526. The summed E-state index contributed by atoms with van der Waals surface area (Å²) < 4.78 is 10.9. The molecule has 0 aliphatic carbocycles. The standard InChI is InChI=1S/C17H16BrNO4/c1-3-23-17(21)11-4-7-13(8-5-11)19-16(20)14-10-12(18)6-9-15(14)22-2/h4-10H,3H2,1-2H3,(H,19,20). The molecule has 0 aliphatic heterocycles. The third-order valence-corrected chi connectivity index (χ3v) is 3.55. The quantitative estimate of drug-likeness (QED) is 0.802. The van der Waals surface area contributed by atoms with E-state index < -0.39 is 0 Å². The number of ether oxygens (including phenoxy) is 2. The summed E-state index contributed by atoms with van der Waals surface area (Å²) in [5, 5.41) is 2.77. The largest absolute Gasteiger partial charge is 0.496 e. The van der Waals surface area contributed by atoms with E-state index in [1.807, 2.05) is 0 Å². The molecule has 0 atom stereocenters. The van der Waals surface area contributed by atoms with Gasteiger partial charge in [-0.25, -0.2) is 4.79 Å². The lowest BCUT2D eigenvalue weighted by Crippen LogP contribution is -2.13. The van der Waals surface area contributed by atoms with Crippen LogP contribution in [0, 0.1) is 0 Å². The number of amides is 1. The Balaban J connectivity index is 2.14. The fourth-order valence-corrected chi connectivity index (χ4v) is 2.32. The van der Waals surface area contributed by atoms with E-state index in [-0.39, 0.29) is 11.9 Å². The molecular formula is C17H16BrNO4. The number of benzene rings is 2. The molecule has 120 valence electrons. The van der Waals surface area contributed by atoms with Gasteiger partial charge in [0.25, 0.3) is 5.91 Å². The number of halogens is 1. The van der Waals surface area contributed by atoms with Crippen LogP contribution in [0.2, 0.25) is 0 Å². The van der Waals surface area contributed by atoms with Crippen LogP contribution in [0.4, 0.5) is 5.69 Å². The van der Waals surface area contributed by atoms with E-state index >= 15 is 0 Å². The highest BCUT2D eigenvalue weighted by molar-refractivity contribution is 9.10. The van der Waals surface area contributed by atoms with Crippen LogP contribution in [0.15, 0.2) is 46.9 Å². The van der Waals surface area contributed by atoms with Gasteiger partial charge < -0.3 is 14.8 Å². The Morgan fingerprint density at radius 1 is 1.13 bits per heavy atom. The number of esters is 1. The van der Waals surface area contributed by atoms with Gasteiger partial charge in [-0.1, -0.05) is 15.9 Å². The van der Waals surface area contributed by atoms with Crippen molar-refractivity contribution < 1.29 is 19.1 Å². The zero-order chi connectivity index (χ0) is 16.8. The number of hydrogen-bond donors (Lipinski definition) is 1. The van der Waals surface area contributed by atoms with Gasteiger partial charge in [-0.05, 0) is 49.4 Å². The van der Waals surface area contributed by atoms with Gasteiger partial charge in [-0.2, -0.15) is 0 Å². The Kier molecular flexibility index (Phi) is 5.76. The first kappa shape index (κ1) is 17.0. The minimum Gasteiger partial charge on any atom is -0.496 e. The molecule has 2 aromatic rings. The molecule has 0 bridgehead atoms. The van der Waals surface area contributed by atoms with E-state index in [4.69, 9.17) is 9.47 Å². The molecule has 0 spiro atoms. The number of hydrogen-bond acceptors (Lipinski definition) is 4. The molecule has 0 aliphatic rings. The summed E-state index contributed by atoms with van der Waals surface area (Å²) in [5.74, 6) is -0.208. The molecule has 0 unspecified atom stereocenters. The summed E-state index contributed by atoms with van der Waals surface area (Å²) in [6.45, 7) is 2.07. The first-order chi connectivity index (χ1) is 11.0. The van der Waals surface area contributed by atoms with Crippen LogP contribution in [0.3, 0.4) is 0 Å². The van der Waals surface area contributed by atoms with Crippen molar-refractivity contribution in [2.75, 3.05) is 19.0 Å². The average molecular weight is 378 g/mol. The molecule has 0 fully saturated rings. The van der Waals surface area contributed by atoms with Gasteiger partial charge in [-0.15, -0.1) is 0 Å². The molecule has 2 rings (SSSR count). The van der Waals surface area contributed by atoms with E-state index in [9.17, 15) is 9.59 Å². The summed E-state index contributed by atoms with van der Waals surface area (Å²) in [4.78, 5) is 24.0. The van der Waals surface area contributed by atoms with E-state index in [1.54, 1.807) is 49.4 Å². The van der Waals surface area contributed by atoms with Crippen molar-refractivity contribution >= 4 is 33.5 Å². The maximum Gasteiger partial charge on any atom is 0.338 e. The third kappa shape index (κ3) is 4.32. The second kappa shape index (κ2) is 7.78. The van der Waals surface area contributed by atoms with Gasteiger partial charge in [0.2, 0.25) is 0 Å². The number of carbonyl (C=O) groups excluding carboxylic acids is 2. The second-order valence-corrected chi connectivity index (χ2v) is 5.51. The van der Waals surface area contributed by atoms with Crippen molar-refractivity contribution in [3.05, 3.63) is 58.1 Å². The maximum atomic E-state index is 12.4. The van der Waals surface area contributed by atoms with Crippen molar-refractivity contribution in [3.8, 4) is 5.75 Å². The smallest absolute Gasteiger partial charge is 0.338 e. The van der Waals surface area contributed by atoms with Gasteiger partial charge >= 0.3 is 5.97 Å². The highest BCUT2D eigenvalue weighted by Gasteiger charge is 2.13. The molecule has 0 saturated carbocycles. The van der Waals surface area contributed by atoms with Crippen LogP contribution < -0.4 is 10.1 Å². The number of rotatable bonds is 5. The van der Waals surface area contributed by atoms with E-state index in [2.05, 4.69) is 21.2 Å². The van der Waals surface area contributed by atoms with Crippen molar-refractivity contribution in [2.24, 2.45) is 0 Å². The van der Waals surface area contributed by atoms with Gasteiger partial charge in [-0.3, -0.25) is 4.79 Å². The molecule has 1 N–H and O–H groups in total. The topological polar surface area (TPSA) is 64.6 Å². The van der Waals surface area contributed by atoms with E-state index in [0.29, 0.717) is 29.2 Å². The van der Waals surface area contributed by atoms with E-state index in [1.165, 1.54) is 7.11 Å². The van der Waals surface area contributed by atoms with Crippen LogP contribution in [-0.4, -0.2) is 25.6 Å². The van der Waals surface area contributed by atoms with Crippen molar-refractivity contribution in [1.82, 2.24) is 0 Å². The predicted molar refractivity (Wildman–Crippen MR) is 91.0 cm³/mol. The second-order valence-electron chi connectivity index (χ2n) is 4.60. The number of methoxy groups -OCH3 is 1. The van der Waals surface area contributed by atoms with Crippen molar-refractivity contribution in [3.63, 3.8) is 0 Å². The molecule has 0 saturated heterocycles. The van der Waals surface area contributed by atoms with Crippen LogP contribution in [0.25, 0.3) is 0 Å². The molecular weight excluding hydrogens is 362 g/mol. The SMILES string of the molecule is CCOC(=O)c1ccc(NC(=O)c2cc(Br)ccc2OC)cc1. The Morgan fingerprint density at radius 3 is 2.43 bits per heavy atom. The Hall–Kier alpha value is -2.34. The van der Waals surface area contributed by atoms with Gasteiger partial charge in [0, 0.05) is 10.2 Å². The monoisotopic (exact) mass is 377 g/mol. The summed E-state index contributed by atoms with van der Waals surface area (Å²) in [6, 6.07) is 11.7. The van der Waals surface area contributed by atoms with Crippen LogP contribution in [0.5, 0.6) is 5.75 Å². The van der Waals surface area contributed by atoms with Crippen LogP contribution in [-0.2, 0) is 4.74 Å². The summed E-state index contributed by atoms with van der Waals surface area (Å²) in [5.41, 5.74) is 1.42. The molecule has 1 amide bonds. The van der Waals surface area contributed by atoms with Gasteiger partial charge in [0.1, 0.15) is 5.75 Å². The highest BCUT2D eigenvalue weighted by Crippen LogP contribution is 2.24. The Labute approximate surface area is 142 Å². The normalized spacial score (nSPS) is 10.0. The predicted octanol–water partition coefficient (Wildman–Crippen LogP) is 3.89. The Bertz CT molecular complexity index is 713. The number of carbonyl (C=O) groups is 2. The fraction of sp³-hybridized carbons (Fsp3) is 0.176. The fourth-order valence-electron chi connectivity index (χ4n) is 1.96. The summed E-state index contributed by atoms with van der Waals surface area (Å²) in [7, 11) is 1.51. The lowest BCUT2D eigenvalue weighted by Gasteiger charge is -2.10. The van der Waals surface area contributed by atoms with Crippen LogP contribution >= 0.6 is 15.9 Å². The average Bonchev–Trinajstić information content (AvgIpc) is 2.55. The Morgan fingerprint density at radius 2 is 1.83 bits per heavy atom. The molecule has 0 heterocycles. The van der Waals surface area contributed by atoms with Gasteiger partial charge in [0.05, 0.1) is 24.8 Å². The zero-order valence-corrected chi connectivity index (χ0v) is 14.3. The highest BCUT2D eigenvalue weighted by atomic mass is 79.9. The molecule has 6 heteroatoms. The van der Waals surface area contributed by atoms with Gasteiger partial charge in [0.15, 0.2) is 0 Å². The number of nitrogens with one attached hydrogen (secondary N) is 1. The molecule has 0 aromatic heterocycles. The molecule has 5 nitrogen and oxygen atoms in total. The molecule has 23 heavy (non-hydrogen) atoms. The summed E-state index contributed by atoms with van der Waals surface area (Å²) >= 11 is 3.33. The molecule has 0 radical (unpaired) electrons. The minimum absolute atomic E-state index is 0.299. The molecule has 2 aromatic carbocycles. The first-order valence-corrected chi connectivity index (χ1v) is 7.76. The van der Waals surface area contributed by atoms with Crippen LogP contribution in [0.1, 0.15) is 27.6 Å². The lowest BCUT2D eigenvalue weighted by atomic mass is 10.1. The van der Waals surface area contributed by atoms with Crippen molar-refractivity contribution in [2.45, 2.75) is 6.92 Å². The number of anilines is 1. The third-order valence-electron chi connectivity index (χ3n) is 3.06. The minimum atomic E-state index is -0.390. The maximum absolute atomic E-state index is 12.4. The first-order valence-electron chi connectivity index (χ1n) is 6.97. The van der Waals surface area contributed by atoms with E-state index in [0.717, 1.165) is 4.47 Å².